The van der Waals surface area contributed by atoms with E-state index in [0.29, 0.717) is 38.9 Å². The van der Waals surface area contributed by atoms with Crippen LogP contribution in [0.2, 0.25) is 0 Å². The molecule has 21 heavy (non-hydrogen) atoms. The highest BCUT2D eigenvalue weighted by Gasteiger charge is 2.07. The molecule has 120 valence electrons. The van der Waals surface area contributed by atoms with E-state index in [1.165, 1.54) is 11.1 Å². The molecule has 0 aliphatic rings. The van der Waals surface area contributed by atoms with Gasteiger partial charge in [-0.15, -0.1) is 0 Å². The molecule has 0 spiro atoms. The Balaban J connectivity index is 2.09. The van der Waals surface area contributed by atoms with Crippen LogP contribution in [0.25, 0.3) is 0 Å². The van der Waals surface area contributed by atoms with E-state index in [-0.39, 0.29) is 0 Å². The fraction of sp³-hybridized carbons (Fsp3) is 0.647. The molecule has 0 amide bonds. The molecule has 0 bridgehead atoms. The molecule has 1 atom stereocenters. The van der Waals surface area contributed by atoms with E-state index in [2.05, 4.69) is 31.2 Å². The number of hydrogen-bond acceptors (Lipinski definition) is 4. The summed E-state index contributed by atoms with van der Waals surface area (Å²) in [5, 5.41) is 0. The highest BCUT2D eigenvalue weighted by molar-refractivity contribution is 5.21. The van der Waals surface area contributed by atoms with Gasteiger partial charge in [0.15, 0.2) is 0 Å². The lowest BCUT2D eigenvalue weighted by Crippen LogP contribution is -2.19. The van der Waals surface area contributed by atoms with Gasteiger partial charge in [0, 0.05) is 13.7 Å². The van der Waals surface area contributed by atoms with Gasteiger partial charge in [0.1, 0.15) is 0 Å². The fourth-order valence-corrected chi connectivity index (χ4v) is 2.07. The number of hydrogen-bond donors (Lipinski definition) is 1. The monoisotopic (exact) mass is 295 g/mol. The third kappa shape index (κ3) is 8.83. The normalized spacial score (nSPS) is 12.5. The number of methoxy groups -OCH3 is 1. The fourth-order valence-electron chi connectivity index (χ4n) is 2.07. The molecule has 0 aliphatic heterocycles. The van der Waals surface area contributed by atoms with Gasteiger partial charge >= 0.3 is 0 Å². The van der Waals surface area contributed by atoms with Crippen molar-refractivity contribution in [3.05, 3.63) is 35.4 Å². The third-order valence-corrected chi connectivity index (χ3v) is 3.45. The van der Waals surface area contributed by atoms with Gasteiger partial charge < -0.3 is 19.9 Å². The van der Waals surface area contributed by atoms with E-state index in [4.69, 9.17) is 19.9 Å². The molecule has 0 saturated carbocycles. The van der Waals surface area contributed by atoms with Gasteiger partial charge in [-0.1, -0.05) is 29.8 Å². The molecule has 0 saturated heterocycles. The minimum absolute atomic E-state index is 0.474. The first-order valence-electron chi connectivity index (χ1n) is 7.66. The van der Waals surface area contributed by atoms with Crippen LogP contribution in [-0.2, 0) is 20.6 Å². The Morgan fingerprint density at radius 1 is 0.952 bits per heavy atom. The molecule has 0 aromatic heterocycles. The summed E-state index contributed by atoms with van der Waals surface area (Å²) in [6.45, 7) is 6.04. The van der Waals surface area contributed by atoms with Gasteiger partial charge in [0.2, 0.25) is 0 Å². The first-order valence-corrected chi connectivity index (χ1v) is 7.66. The smallest absolute Gasteiger partial charge is 0.0701 e. The van der Waals surface area contributed by atoms with E-state index in [1.54, 1.807) is 7.11 Å². The van der Waals surface area contributed by atoms with Crippen LogP contribution in [0.4, 0.5) is 0 Å². The molecule has 1 aromatic rings. The van der Waals surface area contributed by atoms with Crippen LogP contribution in [0, 0.1) is 12.8 Å². The van der Waals surface area contributed by atoms with Crippen LogP contribution in [-0.4, -0.2) is 46.7 Å². The topological polar surface area (TPSA) is 53.7 Å². The standard InChI is InChI=1S/C17H29NO3/c1-15-3-5-16(6-4-15)13-17(14-18)7-8-20-11-12-21-10-9-19-2/h3-6,17H,7-14,18H2,1-2H3. The maximum atomic E-state index is 5.85. The van der Waals surface area contributed by atoms with Crippen molar-refractivity contribution in [3.8, 4) is 0 Å². The van der Waals surface area contributed by atoms with Crippen molar-refractivity contribution in [2.75, 3.05) is 46.7 Å². The Bertz CT molecular complexity index is 354. The van der Waals surface area contributed by atoms with E-state index in [0.717, 1.165) is 19.4 Å². The van der Waals surface area contributed by atoms with Gasteiger partial charge in [-0.2, -0.15) is 0 Å². The summed E-state index contributed by atoms with van der Waals surface area (Å²) in [6, 6.07) is 8.67. The van der Waals surface area contributed by atoms with E-state index < -0.39 is 0 Å². The van der Waals surface area contributed by atoms with E-state index >= 15 is 0 Å². The van der Waals surface area contributed by atoms with Gasteiger partial charge in [-0.3, -0.25) is 0 Å². The number of aryl methyl sites for hydroxylation is 1. The Labute approximate surface area is 128 Å². The summed E-state index contributed by atoms with van der Waals surface area (Å²) in [5.41, 5.74) is 8.49. The summed E-state index contributed by atoms with van der Waals surface area (Å²) < 4.78 is 15.8. The summed E-state index contributed by atoms with van der Waals surface area (Å²) in [6.07, 6.45) is 2.01. The zero-order chi connectivity index (χ0) is 15.3. The summed E-state index contributed by atoms with van der Waals surface area (Å²) >= 11 is 0. The van der Waals surface area contributed by atoms with Crippen LogP contribution >= 0.6 is 0 Å². The molecule has 4 heteroatoms. The Hall–Kier alpha value is -0.940. The first-order chi connectivity index (χ1) is 10.3. The quantitative estimate of drug-likeness (QED) is 0.601. The predicted molar refractivity (Wildman–Crippen MR) is 85.6 cm³/mol. The van der Waals surface area contributed by atoms with Crippen molar-refractivity contribution < 1.29 is 14.2 Å². The number of rotatable bonds is 12. The maximum Gasteiger partial charge on any atom is 0.0701 e. The van der Waals surface area contributed by atoms with Crippen molar-refractivity contribution >= 4 is 0 Å². The van der Waals surface area contributed by atoms with Crippen LogP contribution in [0.15, 0.2) is 24.3 Å². The molecule has 0 radical (unpaired) electrons. The van der Waals surface area contributed by atoms with Gasteiger partial charge in [-0.05, 0) is 37.8 Å². The average Bonchev–Trinajstić information content (AvgIpc) is 2.50. The SMILES string of the molecule is COCCOCCOCCC(CN)Cc1ccc(C)cc1. The lowest BCUT2D eigenvalue weighted by molar-refractivity contribution is 0.0220. The van der Waals surface area contributed by atoms with Crippen LogP contribution in [0.5, 0.6) is 0 Å². The second-order valence-electron chi connectivity index (χ2n) is 5.30. The highest BCUT2D eigenvalue weighted by atomic mass is 16.5. The van der Waals surface area contributed by atoms with Crippen LogP contribution in [0.1, 0.15) is 17.5 Å². The van der Waals surface area contributed by atoms with Crippen molar-refractivity contribution in [2.24, 2.45) is 11.7 Å². The van der Waals surface area contributed by atoms with Gasteiger partial charge in [-0.25, -0.2) is 0 Å². The molecule has 0 heterocycles. The average molecular weight is 295 g/mol. The molecular formula is C17H29NO3. The summed E-state index contributed by atoms with van der Waals surface area (Å²) in [4.78, 5) is 0. The van der Waals surface area contributed by atoms with Crippen LogP contribution < -0.4 is 5.73 Å². The maximum absolute atomic E-state index is 5.85. The summed E-state index contributed by atoms with van der Waals surface area (Å²) in [5.74, 6) is 0.474. The predicted octanol–water partition coefficient (Wildman–Crippen LogP) is 2.18. The second-order valence-corrected chi connectivity index (χ2v) is 5.30. The minimum atomic E-state index is 0.474. The molecule has 1 aromatic carbocycles. The van der Waals surface area contributed by atoms with Gasteiger partial charge in [0.05, 0.1) is 26.4 Å². The third-order valence-electron chi connectivity index (χ3n) is 3.45. The zero-order valence-electron chi connectivity index (χ0n) is 13.3. The minimum Gasteiger partial charge on any atom is -0.382 e. The largest absolute Gasteiger partial charge is 0.382 e. The van der Waals surface area contributed by atoms with E-state index in [1.807, 2.05) is 0 Å². The molecular weight excluding hydrogens is 266 g/mol. The Kier molecular flexibility index (Phi) is 10.1. The Morgan fingerprint density at radius 2 is 1.57 bits per heavy atom. The van der Waals surface area contributed by atoms with Crippen molar-refractivity contribution in [1.82, 2.24) is 0 Å². The Morgan fingerprint density at radius 3 is 2.19 bits per heavy atom. The number of nitrogens with two attached hydrogens (primary N) is 1. The molecule has 0 fully saturated rings. The van der Waals surface area contributed by atoms with Gasteiger partial charge in [0.25, 0.3) is 0 Å². The van der Waals surface area contributed by atoms with Crippen molar-refractivity contribution in [3.63, 3.8) is 0 Å². The van der Waals surface area contributed by atoms with Crippen LogP contribution in [0.3, 0.4) is 0 Å². The number of ether oxygens (including phenoxy) is 3. The second kappa shape index (κ2) is 11.7. The molecule has 2 N–H and O–H groups in total. The van der Waals surface area contributed by atoms with E-state index in [9.17, 15) is 0 Å². The lowest BCUT2D eigenvalue weighted by atomic mass is 9.96. The number of benzene rings is 1. The molecule has 1 unspecified atom stereocenters. The summed E-state index contributed by atoms with van der Waals surface area (Å²) in [7, 11) is 1.67. The first kappa shape index (κ1) is 18.1. The van der Waals surface area contributed by atoms with Crippen molar-refractivity contribution in [1.29, 1.82) is 0 Å². The lowest BCUT2D eigenvalue weighted by Gasteiger charge is -2.15. The van der Waals surface area contributed by atoms with Crippen molar-refractivity contribution in [2.45, 2.75) is 19.8 Å². The molecule has 0 aliphatic carbocycles. The highest BCUT2D eigenvalue weighted by Crippen LogP contribution is 2.12. The molecule has 4 nitrogen and oxygen atoms in total. The zero-order valence-corrected chi connectivity index (χ0v) is 13.3. The molecule has 1 rings (SSSR count).